The number of nitrogens with two attached hydrogens (primary N) is 1. The first-order chi connectivity index (χ1) is 8.81. The molecule has 0 aliphatic heterocycles. The summed E-state index contributed by atoms with van der Waals surface area (Å²) >= 11 is 9.29. The monoisotopic (exact) mass is 349 g/mol. The van der Waals surface area contributed by atoms with Gasteiger partial charge in [-0.05, 0) is 31.5 Å². The van der Waals surface area contributed by atoms with Gasteiger partial charge in [0, 0.05) is 4.47 Å². The average molecular weight is 351 g/mol. The molecule has 0 heterocycles. The molecule has 2 N–H and O–H groups in total. The third-order valence-corrected chi connectivity index (χ3v) is 2.98. The third kappa shape index (κ3) is 4.72. The van der Waals surface area contributed by atoms with Crippen LogP contribution in [0.25, 0.3) is 0 Å². The molecular formula is C12H13BrClNO4. The highest BCUT2D eigenvalue weighted by molar-refractivity contribution is 9.10. The van der Waals surface area contributed by atoms with Crippen molar-refractivity contribution in [3.8, 4) is 5.75 Å². The molecule has 1 aromatic carbocycles. The van der Waals surface area contributed by atoms with Gasteiger partial charge in [0.25, 0.3) is 5.91 Å². The first-order valence-electron chi connectivity index (χ1n) is 5.38. The number of hydrogen-bond donors (Lipinski definition) is 1. The van der Waals surface area contributed by atoms with Crippen molar-refractivity contribution in [2.24, 2.45) is 5.73 Å². The van der Waals surface area contributed by atoms with Gasteiger partial charge in [-0.2, -0.15) is 0 Å². The first-order valence-corrected chi connectivity index (χ1v) is 6.55. The number of esters is 1. The smallest absolute Gasteiger partial charge is 0.344 e. The number of aryl methyl sites for hydroxylation is 1. The van der Waals surface area contributed by atoms with Crippen LogP contribution in [0.5, 0.6) is 5.75 Å². The highest BCUT2D eigenvalue weighted by Gasteiger charge is 2.16. The predicted molar refractivity (Wildman–Crippen MR) is 74.1 cm³/mol. The van der Waals surface area contributed by atoms with Crippen LogP contribution in [-0.4, -0.2) is 24.6 Å². The molecular weight excluding hydrogens is 337 g/mol. The fourth-order valence-corrected chi connectivity index (χ4v) is 2.32. The van der Waals surface area contributed by atoms with Gasteiger partial charge in [-0.1, -0.05) is 27.5 Å². The zero-order valence-corrected chi connectivity index (χ0v) is 12.7. The second-order valence-electron chi connectivity index (χ2n) is 3.86. The largest absolute Gasteiger partial charge is 0.480 e. The molecule has 0 unspecified atom stereocenters. The number of carbonyl (C=O) groups excluding carboxylic acids is 2. The molecule has 7 heteroatoms. The summed E-state index contributed by atoms with van der Waals surface area (Å²) in [5.74, 6) is -1.01. The van der Waals surface area contributed by atoms with Gasteiger partial charge in [-0.25, -0.2) is 4.79 Å². The predicted octanol–water partition coefficient (Wildman–Crippen LogP) is 2.21. The molecule has 0 radical (unpaired) electrons. The van der Waals surface area contributed by atoms with Crippen LogP contribution < -0.4 is 10.5 Å². The molecule has 1 amide bonds. The van der Waals surface area contributed by atoms with E-state index in [0.717, 1.165) is 10.0 Å². The fraction of sp³-hybridized carbons (Fsp3) is 0.333. The van der Waals surface area contributed by atoms with Crippen LogP contribution in [0, 0.1) is 6.92 Å². The lowest BCUT2D eigenvalue weighted by atomic mass is 10.2. The zero-order chi connectivity index (χ0) is 14.6. The minimum absolute atomic E-state index is 0.347. The molecule has 104 valence electrons. The van der Waals surface area contributed by atoms with Crippen LogP contribution in [-0.2, 0) is 14.3 Å². The Morgan fingerprint density at radius 1 is 1.47 bits per heavy atom. The Bertz CT molecular complexity index is 483. The van der Waals surface area contributed by atoms with Crippen LogP contribution in [0.15, 0.2) is 16.6 Å². The Labute approximate surface area is 124 Å². The number of ether oxygens (including phenoxy) is 2. The van der Waals surface area contributed by atoms with Crippen LogP contribution in [0.2, 0.25) is 5.02 Å². The van der Waals surface area contributed by atoms with Crippen molar-refractivity contribution >= 4 is 39.4 Å². The lowest BCUT2D eigenvalue weighted by Gasteiger charge is -2.13. The molecule has 1 aromatic rings. The quantitative estimate of drug-likeness (QED) is 0.826. The van der Waals surface area contributed by atoms with Crippen molar-refractivity contribution in [2.45, 2.75) is 20.0 Å². The number of amides is 1. The molecule has 0 bridgehead atoms. The molecule has 0 fully saturated rings. The van der Waals surface area contributed by atoms with Crippen LogP contribution in [0.1, 0.15) is 12.5 Å². The van der Waals surface area contributed by atoms with E-state index in [-0.39, 0.29) is 6.61 Å². The number of carbonyl (C=O) groups is 2. The molecule has 0 aromatic heterocycles. The molecule has 0 aliphatic rings. The normalized spacial score (nSPS) is 11.8. The van der Waals surface area contributed by atoms with Crippen LogP contribution in [0.3, 0.4) is 0 Å². The van der Waals surface area contributed by atoms with Gasteiger partial charge >= 0.3 is 5.97 Å². The number of halogens is 2. The summed E-state index contributed by atoms with van der Waals surface area (Å²) in [7, 11) is 0. The Balaban J connectivity index is 2.63. The topological polar surface area (TPSA) is 78.6 Å². The maximum atomic E-state index is 11.4. The zero-order valence-electron chi connectivity index (χ0n) is 10.4. The summed E-state index contributed by atoms with van der Waals surface area (Å²) in [4.78, 5) is 22.1. The van der Waals surface area contributed by atoms with E-state index >= 15 is 0 Å². The second-order valence-corrected chi connectivity index (χ2v) is 5.18. The van der Waals surface area contributed by atoms with Crippen molar-refractivity contribution in [3.05, 3.63) is 27.2 Å². The molecule has 0 aliphatic carbocycles. The number of benzene rings is 1. The summed E-state index contributed by atoms with van der Waals surface area (Å²) in [5.41, 5.74) is 5.75. The lowest BCUT2D eigenvalue weighted by Crippen LogP contribution is -2.32. The number of rotatable bonds is 5. The Hall–Kier alpha value is -1.27. The highest BCUT2D eigenvalue weighted by atomic mass is 79.9. The Morgan fingerprint density at radius 2 is 2.11 bits per heavy atom. The van der Waals surface area contributed by atoms with Gasteiger partial charge in [0.1, 0.15) is 5.75 Å². The van der Waals surface area contributed by atoms with E-state index in [1.807, 2.05) is 0 Å². The number of primary amides is 1. The SMILES string of the molecule is Cc1cc(Br)cc(Cl)c1OCC(=O)O[C@H](C)C(N)=O. The minimum atomic E-state index is -0.988. The standard InChI is InChI=1S/C12H13BrClNO4/c1-6-3-8(13)4-9(14)11(6)18-5-10(16)19-7(2)12(15)17/h3-4,7H,5H2,1-2H3,(H2,15,17)/t7-/m1/s1. The Morgan fingerprint density at radius 3 is 2.63 bits per heavy atom. The second kappa shape index (κ2) is 6.77. The van der Waals surface area contributed by atoms with E-state index in [1.54, 1.807) is 19.1 Å². The minimum Gasteiger partial charge on any atom is -0.480 e. The summed E-state index contributed by atoms with van der Waals surface area (Å²) < 4.78 is 10.8. The van der Waals surface area contributed by atoms with Crippen molar-refractivity contribution in [1.29, 1.82) is 0 Å². The van der Waals surface area contributed by atoms with Gasteiger partial charge in [0.2, 0.25) is 0 Å². The van der Waals surface area contributed by atoms with E-state index in [9.17, 15) is 9.59 Å². The van der Waals surface area contributed by atoms with Crippen molar-refractivity contribution < 1.29 is 19.1 Å². The molecule has 1 atom stereocenters. The first kappa shape index (κ1) is 15.8. The van der Waals surface area contributed by atoms with Crippen molar-refractivity contribution in [2.75, 3.05) is 6.61 Å². The van der Waals surface area contributed by atoms with E-state index < -0.39 is 18.0 Å². The van der Waals surface area contributed by atoms with E-state index in [0.29, 0.717) is 10.8 Å². The van der Waals surface area contributed by atoms with E-state index in [2.05, 4.69) is 15.9 Å². The number of hydrogen-bond acceptors (Lipinski definition) is 4. The summed E-state index contributed by atoms with van der Waals surface area (Å²) in [5, 5.41) is 0.377. The fourth-order valence-electron chi connectivity index (χ4n) is 1.29. The van der Waals surface area contributed by atoms with Gasteiger partial charge in [0.15, 0.2) is 12.7 Å². The average Bonchev–Trinajstić information content (AvgIpc) is 2.27. The van der Waals surface area contributed by atoms with Crippen LogP contribution >= 0.6 is 27.5 Å². The van der Waals surface area contributed by atoms with Gasteiger partial charge in [-0.15, -0.1) is 0 Å². The molecule has 0 saturated carbocycles. The molecule has 19 heavy (non-hydrogen) atoms. The van der Waals surface area contributed by atoms with Gasteiger partial charge in [-0.3, -0.25) is 4.79 Å². The lowest BCUT2D eigenvalue weighted by molar-refractivity contribution is -0.155. The summed E-state index contributed by atoms with van der Waals surface area (Å²) in [6.45, 7) is 2.83. The molecule has 5 nitrogen and oxygen atoms in total. The maximum Gasteiger partial charge on any atom is 0.344 e. The summed E-state index contributed by atoms with van der Waals surface area (Å²) in [6.07, 6.45) is -0.988. The Kier molecular flexibility index (Phi) is 5.62. The molecule has 1 rings (SSSR count). The van der Waals surface area contributed by atoms with E-state index in [1.165, 1.54) is 6.92 Å². The van der Waals surface area contributed by atoms with Gasteiger partial charge in [0.05, 0.1) is 5.02 Å². The van der Waals surface area contributed by atoms with Gasteiger partial charge < -0.3 is 15.2 Å². The highest BCUT2D eigenvalue weighted by Crippen LogP contribution is 2.31. The van der Waals surface area contributed by atoms with Crippen molar-refractivity contribution in [1.82, 2.24) is 0 Å². The summed E-state index contributed by atoms with van der Waals surface area (Å²) in [6, 6.07) is 3.46. The molecule has 0 spiro atoms. The van der Waals surface area contributed by atoms with E-state index in [4.69, 9.17) is 26.8 Å². The third-order valence-electron chi connectivity index (χ3n) is 2.24. The van der Waals surface area contributed by atoms with Crippen LogP contribution in [0.4, 0.5) is 0 Å². The molecule has 0 saturated heterocycles. The van der Waals surface area contributed by atoms with Crippen molar-refractivity contribution in [3.63, 3.8) is 0 Å². The maximum absolute atomic E-state index is 11.4.